The van der Waals surface area contributed by atoms with Crippen molar-refractivity contribution < 1.29 is 4.74 Å². The van der Waals surface area contributed by atoms with Gasteiger partial charge in [-0.25, -0.2) is 0 Å². The summed E-state index contributed by atoms with van der Waals surface area (Å²) in [6.45, 7) is 2.58. The van der Waals surface area contributed by atoms with Crippen LogP contribution >= 0.6 is 0 Å². The van der Waals surface area contributed by atoms with Gasteiger partial charge in [0.05, 0.1) is 12.8 Å². The first kappa shape index (κ1) is 12.8. The van der Waals surface area contributed by atoms with Gasteiger partial charge in [-0.2, -0.15) is 0 Å². The third-order valence-electron chi connectivity index (χ3n) is 3.66. The minimum absolute atomic E-state index is 0.496. The molecule has 0 radical (unpaired) electrons. The average Bonchev–Trinajstić information content (AvgIpc) is 2.85. The summed E-state index contributed by atoms with van der Waals surface area (Å²) in [4.78, 5) is 3.47. The van der Waals surface area contributed by atoms with Crippen LogP contribution in [0.4, 0.5) is 0 Å². The molecule has 3 rings (SSSR count). The van der Waals surface area contributed by atoms with E-state index >= 15 is 0 Å². The average molecular weight is 266 g/mol. The molecule has 3 heteroatoms. The fourth-order valence-corrected chi connectivity index (χ4v) is 2.53. The van der Waals surface area contributed by atoms with E-state index in [0.717, 1.165) is 33.5 Å². The Morgan fingerprint density at radius 3 is 2.50 bits per heavy atom. The van der Waals surface area contributed by atoms with Crippen molar-refractivity contribution in [3.63, 3.8) is 0 Å². The predicted molar refractivity (Wildman–Crippen MR) is 82.9 cm³/mol. The van der Waals surface area contributed by atoms with Crippen LogP contribution in [-0.4, -0.2) is 12.1 Å². The summed E-state index contributed by atoms with van der Waals surface area (Å²) in [5.41, 5.74) is 11.7. The second kappa shape index (κ2) is 5.02. The summed E-state index contributed by atoms with van der Waals surface area (Å²) < 4.78 is 5.30. The van der Waals surface area contributed by atoms with E-state index < -0.39 is 0 Å². The van der Waals surface area contributed by atoms with Gasteiger partial charge in [-0.1, -0.05) is 29.8 Å². The SMILES string of the molecule is COc1ccc2[nH]c(-c3ccc(C)cc3)c(CN)c2c1. The number of hydrogen-bond donors (Lipinski definition) is 2. The van der Waals surface area contributed by atoms with Crippen LogP contribution in [-0.2, 0) is 6.54 Å². The molecule has 0 amide bonds. The molecule has 0 bridgehead atoms. The Bertz CT molecular complexity index is 742. The van der Waals surface area contributed by atoms with Crippen molar-refractivity contribution in [2.45, 2.75) is 13.5 Å². The van der Waals surface area contributed by atoms with E-state index in [1.165, 1.54) is 5.56 Å². The lowest BCUT2D eigenvalue weighted by Gasteiger charge is -2.03. The maximum atomic E-state index is 5.96. The zero-order valence-electron chi connectivity index (χ0n) is 11.7. The Morgan fingerprint density at radius 1 is 1.10 bits per heavy atom. The number of fused-ring (bicyclic) bond motifs is 1. The highest BCUT2D eigenvalue weighted by Gasteiger charge is 2.12. The molecule has 0 saturated carbocycles. The van der Waals surface area contributed by atoms with Crippen molar-refractivity contribution in [3.05, 3.63) is 53.6 Å². The van der Waals surface area contributed by atoms with Gasteiger partial charge in [0, 0.05) is 17.4 Å². The topological polar surface area (TPSA) is 51.0 Å². The molecule has 0 unspecified atom stereocenters. The van der Waals surface area contributed by atoms with E-state index in [9.17, 15) is 0 Å². The molecule has 0 aliphatic rings. The van der Waals surface area contributed by atoms with Gasteiger partial charge in [-0.3, -0.25) is 0 Å². The number of methoxy groups -OCH3 is 1. The predicted octanol–water partition coefficient (Wildman–Crippen LogP) is 3.61. The van der Waals surface area contributed by atoms with Crippen LogP contribution in [0, 0.1) is 6.92 Å². The van der Waals surface area contributed by atoms with Crippen LogP contribution in [0.15, 0.2) is 42.5 Å². The fraction of sp³-hybridized carbons (Fsp3) is 0.176. The summed E-state index contributed by atoms with van der Waals surface area (Å²) >= 11 is 0. The van der Waals surface area contributed by atoms with E-state index in [2.05, 4.69) is 36.2 Å². The van der Waals surface area contributed by atoms with Gasteiger partial charge in [-0.15, -0.1) is 0 Å². The Labute approximate surface area is 118 Å². The maximum absolute atomic E-state index is 5.96. The monoisotopic (exact) mass is 266 g/mol. The molecule has 3 N–H and O–H groups in total. The van der Waals surface area contributed by atoms with Gasteiger partial charge in [-0.05, 0) is 36.2 Å². The van der Waals surface area contributed by atoms with E-state index in [0.29, 0.717) is 6.54 Å². The van der Waals surface area contributed by atoms with Crippen molar-refractivity contribution >= 4 is 10.9 Å². The first-order valence-corrected chi connectivity index (χ1v) is 6.68. The smallest absolute Gasteiger partial charge is 0.119 e. The number of benzene rings is 2. The van der Waals surface area contributed by atoms with Crippen LogP contribution < -0.4 is 10.5 Å². The highest BCUT2D eigenvalue weighted by Crippen LogP contribution is 2.32. The molecule has 102 valence electrons. The van der Waals surface area contributed by atoms with Crippen molar-refractivity contribution in [3.8, 4) is 17.0 Å². The lowest BCUT2D eigenvalue weighted by Crippen LogP contribution is -1.97. The number of hydrogen-bond acceptors (Lipinski definition) is 2. The Balaban J connectivity index is 2.22. The largest absolute Gasteiger partial charge is 0.497 e. The summed E-state index contributed by atoms with van der Waals surface area (Å²) in [6, 6.07) is 14.5. The number of aryl methyl sites for hydroxylation is 1. The van der Waals surface area contributed by atoms with Crippen LogP contribution in [0.2, 0.25) is 0 Å². The van der Waals surface area contributed by atoms with Gasteiger partial charge < -0.3 is 15.5 Å². The number of H-pyrrole nitrogens is 1. The number of rotatable bonds is 3. The summed E-state index contributed by atoms with van der Waals surface area (Å²) in [6.07, 6.45) is 0. The molecule has 0 fully saturated rings. The minimum Gasteiger partial charge on any atom is -0.497 e. The number of nitrogens with one attached hydrogen (secondary N) is 1. The first-order chi connectivity index (χ1) is 9.72. The number of nitrogens with two attached hydrogens (primary N) is 1. The van der Waals surface area contributed by atoms with Gasteiger partial charge in [0.2, 0.25) is 0 Å². The number of aromatic amines is 1. The molecular weight excluding hydrogens is 248 g/mol. The van der Waals surface area contributed by atoms with Crippen molar-refractivity contribution in [1.82, 2.24) is 4.98 Å². The molecule has 2 aromatic carbocycles. The van der Waals surface area contributed by atoms with Gasteiger partial charge in [0.1, 0.15) is 5.75 Å². The summed E-state index contributed by atoms with van der Waals surface area (Å²) in [5, 5.41) is 1.13. The van der Waals surface area contributed by atoms with Crippen LogP contribution in [0.3, 0.4) is 0 Å². The number of ether oxygens (including phenoxy) is 1. The molecular formula is C17H18N2O. The van der Waals surface area contributed by atoms with Crippen LogP contribution in [0.1, 0.15) is 11.1 Å². The lowest BCUT2D eigenvalue weighted by atomic mass is 10.0. The Morgan fingerprint density at radius 2 is 1.85 bits per heavy atom. The quantitative estimate of drug-likeness (QED) is 0.761. The van der Waals surface area contributed by atoms with Crippen LogP contribution in [0.5, 0.6) is 5.75 Å². The molecule has 3 aromatic rings. The van der Waals surface area contributed by atoms with Gasteiger partial charge in [0.15, 0.2) is 0 Å². The molecule has 1 aromatic heterocycles. The minimum atomic E-state index is 0.496. The summed E-state index contributed by atoms with van der Waals surface area (Å²) in [7, 11) is 1.68. The van der Waals surface area contributed by atoms with Crippen molar-refractivity contribution in [1.29, 1.82) is 0 Å². The maximum Gasteiger partial charge on any atom is 0.119 e. The van der Waals surface area contributed by atoms with Gasteiger partial charge >= 0.3 is 0 Å². The molecule has 0 saturated heterocycles. The molecule has 0 aliphatic heterocycles. The Hall–Kier alpha value is -2.26. The first-order valence-electron chi connectivity index (χ1n) is 6.68. The standard InChI is InChI=1S/C17H18N2O/c1-11-3-5-12(6-4-11)17-15(10-18)14-9-13(20-2)7-8-16(14)19-17/h3-9,19H,10,18H2,1-2H3. The molecule has 20 heavy (non-hydrogen) atoms. The molecule has 3 nitrogen and oxygen atoms in total. The molecule has 1 heterocycles. The second-order valence-electron chi connectivity index (χ2n) is 4.96. The van der Waals surface area contributed by atoms with Crippen molar-refractivity contribution in [2.75, 3.05) is 7.11 Å². The van der Waals surface area contributed by atoms with E-state index in [4.69, 9.17) is 10.5 Å². The molecule has 0 aliphatic carbocycles. The highest BCUT2D eigenvalue weighted by atomic mass is 16.5. The highest BCUT2D eigenvalue weighted by molar-refractivity contribution is 5.91. The van der Waals surface area contributed by atoms with E-state index in [1.807, 2.05) is 18.2 Å². The zero-order valence-corrected chi connectivity index (χ0v) is 11.7. The third kappa shape index (κ3) is 2.06. The van der Waals surface area contributed by atoms with E-state index in [1.54, 1.807) is 7.11 Å². The normalized spacial score (nSPS) is 10.9. The second-order valence-corrected chi connectivity index (χ2v) is 4.96. The Kier molecular flexibility index (Phi) is 3.20. The third-order valence-corrected chi connectivity index (χ3v) is 3.66. The molecule has 0 atom stereocenters. The fourth-order valence-electron chi connectivity index (χ4n) is 2.53. The van der Waals surface area contributed by atoms with Gasteiger partial charge in [0.25, 0.3) is 0 Å². The lowest BCUT2D eigenvalue weighted by molar-refractivity contribution is 0.415. The van der Waals surface area contributed by atoms with E-state index in [-0.39, 0.29) is 0 Å². The van der Waals surface area contributed by atoms with Crippen LogP contribution in [0.25, 0.3) is 22.2 Å². The van der Waals surface area contributed by atoms with Crippen molar-refractivity contribution in [2.24, 2.45) is 5.73 Å². The summed E-state index contributed by atoms with van der Waals surface area (Å²) in [5.74, 6) is 0.849. The molecule has 0 spiro atoms. The number of aromatic nitrogens is 1. The zero-order chi connectivity index (χ0) is 14.1.